The Labute approximate surface area is 134 Å². The summed E-state index contributed by atoms with van der Waals surface area (Å²) in [5, 5.41) is 10.1. The van der Waals surface area contributed by atoms with Gasteiger partial charge in [0.2, 0.25) is 0 Å². The van der Waals surface area contributed by atoms with Crippen LogP contribution in [0.2, 0.25) is 0 Å². The van der Waals surface area contributed by atoms with Crippen LogP contribution < -0.4 is 4.90 Å². The maximum absolute atomic E-state index is 11.0. The van der Waals surface area contributed by atoms with Crippen molar-refractivity contribution < 1.29 is 9.90 Å². The molecule has 3 rings (SSSR count). The zero-order valence-electron chi connectivity index (χ0n) is 12.9. The van der Waals surface area contributed by atoms with E-state index in [2.05, 4.69) is 29.2 Å². The maximum Gasteiger partial charge on any atom is 0.303 e. The second-order valence-electron chi connectivity index (χ2n) is 5.96. The number of hydrogen-bond donors (Lipinski definition) is 1. The molecule has 0 bridgehead atoms. The minimum Gasteiger partial charge on any atom is -0.481 e. The summed E-state index contributed by atoms with van der Waals surface area (Å²) in [4.78, 5) is 19.0. The van der Waals surface area contributed by atoms with Crippen molar-refractivity contribution in [2.75, 3.05) is 19.0 Å². The number of aryl methyl sites for hydroxylation is 1. The molecule has 22 heavy (non-hydrogen) atoms. The lowest BCUT2D eigenvalue weighted by molar-refractivity contribution is -0.137. The molecule has 0 fully saturated rings. The standard InChI is InChI=1S/C17H20N2O2S/c1-19(2)13-8-6-11(7-9-13)17-18-14-5-3-4-12(10-15(20)21)16(14)22-17/h6-9,12H,3-5,10H2,1-2H3,(H,20,21). The largest absolute Gasteiger partial charge is 0.481 e. The molecule has 1 aliphatic rings. The lowest BCUT2D eigenvalue weighted by Crippen LogP contribution is -2.11. The normalized spacial score (nSPS) is 17.1. The minimum atomic E-state index is -0.719. The number of aromatic nitrogens is 1. The van der Waals surface area contributed by atoms with Crippen molar-refractivity contribution in [3.05, 3.63) is 34.8 Å². The van der Waals surface area contributed by atoms with Gasteiger partial charge in [-0.3, -0.25) is 4.79 Å². The van der Waals surface area contributed by atoms with E-state index in [1.165, 1.54) is 4.88 Å². The number of carbonyl (C=O) groups is 1. The Balaban J connectivity index is 1.90. The van der Waals surface area contributed by atoms with Gasteiger partial charge in [0.25, 0.3) is 0 Å². The first-order valence-corrected chi connectivity index (χ1v) is 8.35. The molecule has 0 aliphatic heterocycles. The summed E-state index contributed by atoms with van der Waals surface area (Å²) in [6, 6.07) is 8.35. The van der Waals surface area contributed by atoms with Crippen LogP contribution in [0.3, 0.4) is 0 Å². The van der Waals surface area contributed by atoms with E-state index in [4.69, 9.17) is 10.1 Å². The molecule has 1 unspecified atom stereocenters. The molecule has 1 heterocycles. The summed E-state index contributed by atoms with van der Waals surface area (Å²) in [6.45, 7) is 0. The topological polar surface area (TPSA) is 53.4 Å². The highest BCUT2D eigenvalue weighted by atomic mass is 32.1. The van der Waals surface area contributed by atoms with E-state index in [9.17, 15) is 4.79 Å². The highest BCUT2D eigenvalue weighted by Gasteiger charge is 2.26. The fourth-order valence-corrected chi connectivity index (χ4v) is 4.19. The van der Waals surface area contributed by atoms with Crippen LogP contribution in [-0.4, -0.2) is 30.2 Å². The van der Waals surface area contributed by atoms with Crippen molar-refractivity contribution in [1.29, 1.82) is 0 Å². The van der Waals surface area contributed by atoms with E-state index < -0.39 is 5.97 Å². The van der Waals surface area contributed by atoms with Crippen LogP contribution in [0.1, 0.15) is 35.8 Å². The van der Waals surface area contributed by atoms with E-state index in [0.29, 0.717) is 0 Å². The number of benzene rings is 1. The Bertz CT molecular complexity index is 676. The zero-order valence-corrected chi connectivity index (χ0v) is 13.7. The monoisotopic (exact) mass is 316 g/mol. The van der Waals surface area contributed by atoms with Gasteiger partial charge in [-0.25, -0.2) is 4.98 Å². The van der Waals surface area contributed by atoms with Gasteiger partial charge in [0, 0.05) is 36.1 Å². The number of fused-ring (bicyclic) bond motifs is 1. The molecule has 116 valence electrons. The van der Waals surface area contributed by atoms with E-state index >= 15 is 0 Å². The fraction of sp³-hybridized carbons (Fsp3) is 0.412. The van der Waals surface area contributed by atoms with Gasteiger partial charge < -0.3 is 10.0 Å². The molecule has 1 atom stereocenters. The molecule has 2 aromatic rings. The molecule has 0 saturated heterocycles. The molecular weight excluding hydrogens is 296 g/mol. The van der Waals surface area contributed by atoms with E-state index in [1.54, 1.807) is 11.3 Å². The van der Waals surface area contributed by atoms with Crippen molar-refractivity contribution in [1.82, 2.24) is 4.98 Å². The Hall–Kier alpha value is -1.88. The Morgan fingerprint density at radius 2 is 2.09 bits per heavy atom. The van der Waals surface area contributed by atoms with Crippen LogP contribution in [0.4, 0.5) is 5.69 Å². The molecule has 0 amide bonds. The van der Waals surface area contributed by atoms with Crippen molar-refractivity contribution in [2.45, 2.75) is 31.6 Å². The minimum absolute atomic E-state index is 0.133. The number of hydrogen-bond acceptors (Lipinski definition) is 4. The van der Waals surface area contributed by atoms with Gasteiger partial charge in [-0.05, 0) is 43.5 Å². The van der Waals surface area contributed by atoms with Crippen LogP contribution in [-0.2, 0) is 11.2 Å². The zero-order chi connectivity index (χ0) is 15.7. The van der Waals surface area contributed by atoms with Crippen LogP contribution >= 0.6 is 11.3 Å². The lowest BCUT2D eigenvalue weighted by Gasteiger charge is -2.19. The van der Waals surface area contributed by atoms with E-state index in [0.717, 1.165) is 41.2 Å². The lowest BCUT2D eigenvalue weighted by atomic mass is 9.89. The van der Waals surface area contributed by atoms with Crippen LogP contribution in [0.25, 0.3) is 10.6 Å². The Kier molecular flexibility index (Phi) is 4.16. The van der Waals surface area contributed by atoms with Crippen LogP contribution in [0, 0.1) is 0 Å². The van der Waals surface area contributed by atoms with Gasteiger partial charge in [0.1, 0.15) is 5.01 Å². The number of carboxylic acids is 1. The summed E-state index contributed by atoms with van der Waals surface area (Å²) in [6.07, 6.45) is 3.18. The van der Waals surface area contributed by atoms with Gasteiger partial charge >= 0.3 is 5.97 Å². The number of carboxylic acid groups (broad SMARTS) is 1. The molecule has 1 N–H and O–H groups in total. The molecule has 4 nitrogen and oxygen atoms in total. The first kappa shape index (κ1) is 15.0. The summed E-state index contributed by atoms with van der Waals surface area (Å²) in [7, 11) is 4.04. The maximum atomic E-state index is 11.0. The number of thiazole rings is 1. The van der Waals surface area contributed by atoms with Crippen molar-refractivity contribution in [3.8, 4) is 10.6 Å². The highest BCUT2D eigenvalue weighted by molar-refractivity contribution is 7.15. The van der Waals surface area contributed by atoms with Crippen LogP contribution in [0.5, 0.6) is 0 Å². The molecule has 1 aromatic carbocycles. The quantitative estimate of drug-likeness (QED) is 0.933. The molecule has 1 aliphatic carbocycles. The summed E-state index contributed by atoms with van der Waals surface area (Å²) < 4.78 is 0. The smallest absolute Gasteiger partial charge is 0.303 e. The third-order valence-electron chi connectivity index (χ3n) is 4.12. The predicted octanol–water partition coefficient (Wildman–Crippen LogP) is 3.77. The Morgan fingerprint density at radius 1 is 1.36 bits per heavy atom. The number of anilines is 1. The molecule has 0 spiro atoms. The van der Waals surface area contributed by atoms with E-state index in [-0.39, 0.29) is 12.3 Å². The van der Waals surface area contributed by atoms with Crippen molar-refractivity contribution >= 4 is 23.0 Å². The highest BCUT2D eigenvalue weighted by Crippen LogP contribution is 2.40. The summed E-state index contributed by atoms with van der Waals surface area (Å²) >= 11 is 1.66. The van der Waals surface area contributed by atoms with Crippen LogP contribution in [0.15, 0.2) is 24.3 Å². The number of nitrogens with zero attached hydrogens (tertiary/aromatic N) is 2. The fourth-order valence-electron chi connectivity index (χ4n) is 2.94. The van der Waals surface area contributed by atoms with Crippen molar-refractivity contribution in [3.63, 3.8) is 0 Å². The second-order valence-corrected chi connectivity index (χ2v) is 6.99. The van der Waals surface area contributed by atoms with Gasteiger partial charge in [-0.2, -0.15) is 0 Å². The first-order valence-electron chi connectivity index (χ1n) is 7.53. The number of rotatable bonds is 4. The summed E-state index contributed by atoms with van der Waals surface area (Å²) in [5.41, 5.74) is 3.38. The molecule has 0 radical (unpaired) electrons. The Morgan fingerprint density at radius 3 is 2.73 bits per heavy atom. The number of aliphatic carboxylic acids is 1. The molecule has 0 saturated carbocycles. The van der Waals surface area contributed by atoms with Gasteiger partial charge in [-0.15, -0.1) is 11.3 Å². The SMILES string of the molecule is CN(C)c1ccc(-c2nc3c(s2)C(CC(=O)O)CCC3)cc1. The first-order chi connectivity index (χ1) is 10.5. The van der Waals surface area contributed by atoms with Gasteiger partial charge in [0.15, 0.2) is 0 Å². The predicted molar refractivity (Wildman–Crippen MR) is 89.8 cm³/mol. The third kappa shape index (κ3) is 2.99. The molecule has 1 aromatic heterocycles. The third-order valence-corrected chi connectivity index (χ3v) is 5.43. The van der Waals surface area contributed by atoms with E-state index in [1.807, 2.05) is 14.1 Å². The second kappa shape index (κ2) is 6.08. The average Bonchev–Trinajstić information content (AvgIpc) is 2.92. The van der Waals surface area contributed by atoms with Crippen molar-refractivity contribution in [2.24, 2.45) is 0 Å². The summed E-state index contributed by atoms with van der Waals surface area (Å²) in [5.74, 6) is -0.586. The van der Waals surface area contributed by atoms with Gasteiger partial charge in [-0.1, -0.05) is 0 Å². The average molecular weight is 316 g/mol. The molecular formula is C17H20N2O2S. The van der Waals surface area contributed by atoms with Gasteiger partial charge in [0.05, 0.1) is 12.1 Å². The molecule has 5 heteroatoms.